The summed E-state index contributed by atoms with van der Waals surface area (Å²) in [4.78, 5) is 27.3. The zero-order valence-electron chi connectivity index (χ0n) is 14.7. The first-order valence-corrected chi connectivity index (χ1v) is 9.57. The van der Waals surface area contributed by atoms with Gasteiger partial charge in [0.1, 0.15) is 17.2 Å². The van der Waals surface area contributed by atoms with Gasteiger partial charge in [-0.05, 0) is 29.8 Å². The van der Waals surface area contributed by atoms with Crippen molar-refractivity contribution < 1.29 is 14.0 Å². The quantitative estimate of drug-likeness (QED) is 0.880. The third-order valence-corrected chi connectivity index (χ3v) is 5.57. The van der Waals surface area contributed by atoms with Crippen molar-refractivity contribution in [1.29, 1.82) is 0 Å². The van der Waals surface area contributed by atoms with Crippen LogP contribution < -0.4 is 5.32 Å². The molecular weight excluding hydrogens is 351 g/mol. The van der Waals surface area contributed by atoms with Gasteiger partial charge < -0.3 is 10.2 Å². The van der Waals surface area contributed by atoms with E-state index in [1.54, 1.807) is 16.7 Å². The Morgan fingerprint density at radius 1 is 1.12 bits per heavy atom. The van der Waals surface area contributed by atoms with E-state index >= 15 is 0 Å². The highest BCUT2D eigenvalue weighted by atomic mass is 32.2. The van der Waals surface area contributed by atoms with E-state index in [4.69, 9.17) is 0 Å². The number of anilines is 1. The van der Waals surface area contributed by atoms with Crippen LogP contribution in [0.25, 0.3) is 0 Å². The monoisotopic (exact) mass is 372 g/mol. The van der Waals surface area contributed by atoms with Crippen LogP contribution in [-0.4, -0.2) is 28.5 Å². The molecule has 0 bridgehead atoms. The number of carbonyl (C=O) groups is 2. The number of carbonyl (C=O) groups excluding carboxylic acids is 2. The molecule has 2 atom stereocenters. The Hall–Kier alpha value is -2.34. The second kappa shape index (κ2) is 7.91. The lowest BCUT2D eigenvalue weighted by Gasteiger charge is -2.30. The standard InChI is InChI=1S/C20H21FN2O2S/c1-13(2)19(25)23-17(12-26-20(23)14-6-4-3-5-7-14)18(24)22-16-10-8-15(21)9-11-16/h3-11,13,17,20H,12H2,1-2H3,(H,22,24)/t17-,20+/m0/s1. The van der Waals surface area contributed by atoms with Gasteiger partial charge in [-0.3, -0.25) is 9.59 Å². The van der Waals surface area contributed by atoms with E-state index < -0.39 is 6.04 Å². The summed E-state index contributed by atoms with van der Waals surface area (Å²) in [7, 11) is 0. The van der Waals surface area contributed by atoms with Gasteiger partial charge in [-0.15, -0.1) is 11.8 Å². The van der Waals surface area contributed by atoms with Crippen LogP contribution in [0.2, 0.25) is 0 Å². The average molecular weight is 372 g/mol. The molecule has 2 aromatic carbocycles. The summed E-state index contributed by atoms with van der Waals surface area (Å²) >= 11 is 1.58. The van der Waals surface area contributed by atoms with Gasteiger partial charge in [0, 0.05) is 17.4 Å². The van der Waals surface area contributed by atoms with Crippen molar-refractivity contribution in [2.24, 2.45) is 5.92 Å². The maximum Gasteiger partial charge on any atom is 0.248 e. The van der Waals surface area contributed by atoms with Gasteiger partial charge in [-0.1, -0.05) is 44.2 Å². The second-order valence-electron chi connectivity index (χ2n) is 6.51. The molecule has 0 spiro atoms. The van der Waals surface area contributed by atoms with Crippen LogP contribution in [-0.2, 0) is 9.59 Å². The molecule has 1 aliphatic heterocycles. The minimum atomic E-state index is -0.565. The molecule has 0 saturated carbocycles. The molecule has 0 aromatic heterocycles. The zero-order chi connectivity index (χ0) is 18.7. The number of amides is 2. The van der Waals surface area contributed by atoms with Gasteiger partial charge >= 0.3 is 0 Å². The molecule has 0 radical (unpaired) electrons. The van der Waals surface area contributed by atoms with Gasteiger partial charge in [-0.2, -0.15) is 0 Å². The van der Waals surface area contributed by atoms with E-state index in [2.05, 4.69) is 5.32 Å². The molecule has 1 N–H and O–H groups in total. The first-order chi connectivity index (χ1) is 12.5. The smallest absolute Gasteiger partial charge is 0.248 e. The molecule has 2 amide bonds. The van der Waals surface area contributed by atoms with Crippen LogP contribution in [0, 0.1) is 11.7 Å². The molecule has 1 heterocycles. The van der Waals surface area contributed by atoms with Gasteiger partial charge in [0.05, 0.1) is 0 Å². The minimum Gasteiger partial charge on any atom is -0.324 e. The molecular formula is C20H21FN2O2S. The van der Waals surface area contributed by atoms with Crippen molar-refractivity contribution in [2.45, 2.75) is 25.3 Å². The molecule has 0 unspecified atom stereocenters. The van der Waals surface area contributed by atoms with Crippen molar-refractivity contribution in [3.8, 4) is 0 Å². The third-order valence-electron chi connectivity index (χ3n) is 4.25. The SMILES string of the molecule is CC(C)C(=O)N1[C@@H](c2ccccc2)SC[C@H]1C(=O)Nc1ccc(F)cc1. The van der Waals surface area contributed by atoms with E-state index in [9.17, 15) is 14.0 Å². The maximum atomic E-state index is 13.1. The van der Waals surface area contributed by atoms with E-state index in [-0.39, 0.29) is 28.9 Å². The normalized spacial score (nSPS) is 19.6. The van der Waals surface area contributed by atoms with Crippen LogP contribution in [0.3, 0.4) is 0 Å². The average Bonchev–Trinajstić information content (AvgIpc) is 3.08. The molecule has 6 heteroatoms. The Bertz CT molecular complexity index is 780. The second-order valence-corrected chi connectivity index (χ2v) is 7.62. The van der Waals surface area contributed by atoms with E-state index in [0.29, 0.717) is 11.4 Å². The Kier molecular flexibility index (Phi) is 5.61. The molecule has 4 nitrogen and oxygen atoms in total. The van der Waals surface area contributed by atoms with Crippen molar-refractivity contribution in [3.63, 3.8) is 0 Å². The van der Waals surface area contributed by atoms with E-state index in [1.807, 2.05) is 44.2 Å². The first-order valence-electron chi connectivity index (χ1n) is 8.52. The Morgan fingerprint density at radius 2 is 1.77 bits per heavy atom. The number of hydrogen-bond acceptors (Lipinski definition) is 3. The van der Waals surface area contributed by atoms with Crippen molar-refractivity contribution >= 4 is 29.3 Å². The van der Waals surface area contributed by atoms with Gasteiger partial charge in [0.15, 0.2) is 0 Å². The first kappa shape index (κ1) is 18.5. The lowest BCUT2D eigenvalue weighted by atomic mass is 10.1. The molecule has 1 aliphatic rings. The highest BCUT2D eigenvalue weighted by Gasteiger charge is 2.42. The van der Waals surface area contributed by atoms with Crippen LogP contribution in [0.4, 0.5) is 10.1 Å². The maximum absolute atomic E-state index is 13.1. The fourth-order valence-corrected chi connectivity index (χ4v) is 4.35. The number of benzene rings is 2. The van der Waals surface area contributed by atoms with Crippen LogP contribution in [0.5, 0.6) is 0 Å². The predicted molar refractivity (Wildman–Crippen MR) is 102 cm³/mol. The third kappa shape index (κ3) is 3.90. The van der Waals surface area contributed by atoms with Crippen molar-refractivity contribution in [1.82, 2.24) is 4.90 Å². The van der Waals surface area contributed by atoms with E-state index in [1.165, 1.54) is 24.3 Å². The largest absolute Gasteiger partial charge is 0.324 e. The summed E-state index contributed by atoms with van der Waals surface area (Å²) in [5.41, 5.74) is 1.52. The van der Waals surface area contributed by atoms with Gasteiger partial charge in [0.25, 0.3) is 0 Å². The summed E-state index contributed by atoms with van der Waals surface area (Å²) in [5.74, 6) is -0.355. The summed E-state index contributed by atoms with van der Waals surface area (Å²) < 4.78 is 13.1. The van der Waals surface area contributed by atoms with Crippen molar-refractivity contribution in [2.75, 3.05) is 11.1 Å². The van der Waals surface area contributed by atoms with Crippen LogP contribution in [0.15, 0.2) is 54.6 Å². The number of nitrogens with zero attached hydrogens (tertiary/aromatic N) is 1. The molecule has 3 rings (SSSR count). The van der Waals surface area contributed by atoms with Crippen LogP contribution >= 0.6 is 11.8 Å². The fourth-order valence-electron chi connectivity index (χ4n) is 2.91. The van der Waals surface area contributed by atoms with E-state index in [0.717, 1.165) is 5.56 Å². The minimum absolute atomic E-state index is 0.0527. The lowest BCUT2D eigenvalue weighted by Crippen LogP contribution is -2.46. The molecule has 26 heavy (non-hydrogen) atoms. The number of rotatable bonds is 4. The summed E-state index contributed by atoms with van der Waals surface area (Å²) in [6.45, 7) is 3.67. The Morgan fingerprint density at radius 3 is 2.38 bits per heavy atom. The summed E-state index contributed by atoms with van der Waals surface area (Å²) in [6, 6.07) is 14.8. The zero-order valence-corrected chi connectivity index (χ0v) is 15.5. The number of thioether (sulfide) groups is 1. The van der Waals surface area contributed by atoms with Crippen molar-refractivity contribution in [3.05, 3.63) is 66.0 Å². The predicted octanol–water partition coefficient (Wildman–Crippen LogP) is 4.06. The number of hydrogen-bond donors (Lipinski definition) is 1. The number of halogens is 1. The highest BCUT2D eigenvalue weighted by molar-refractivity contribution is 7.99. The fraction of sp³-hybridized carbons (Fsp3) is 0.300. The lowest BCUT2D eigenvalue weighted by molar-refractivity contribution is -0.140. The molecule has 1 fully saturated rings. The summed E-state index contributed by atoms with van der Waals surface area (Å²) in [5, 5.41) is 2.61. The van der Waals surface area contributed by atoms with Crippen LogP contribution in [0.1, 0.15) is 24.8 Å². The van der Waals surface area contributed by atoms with Gasteiger partial charge in [-0.25, -0.2) is 4.39 Å². The summed E-state index contributed by atoms with van der Waals surface area (Å²) in [6.07, 6.45) is 0. The molecule has 2 aromatic rings. The number of nitrogens with one attached hydrogen (secondary N) is 1. The Labute approximate surface area is 156 Å². The topological polar surface area (TPSA) is 49.4 Å². The van der Waals surface area contributed by atoms with Gasteiger partial charge in [0.2, 0.25) is 11.8 Å². The molecule has 0 aliphatic carbocycles. The molecule has 1 saturated heterocycles. The highest BCUT2D eigenvalue weighted by Crippen LogP contribution is 2.42. The molecule has 136 valence electrons. The Balaban J connectivity index is 1.84.